The molecule has 0 radical (unpaired) electrons. The third kappa shape index (κ3) is 4.45. The molecule has 0 aliphatic carbocycles. The van der Waals surface area contributed by atoms with Gasteiger partial charge in [0.2, 0.25) is 10.0 Å². The third-order valence-electron chi connectivity index (χ3n) is 1.76. The maximum absolute atomic E-state index is 11.1. The second-order valence-corrected chi connectivity index (χ2v) is 5.47. The molecule has 8 heteroatoms. The smallest absolute Gasteiger partial charge is 0.229 e. The lowest BCUT2D eigenvalue weighted by atomic mass is 10.2. The van der Waals surface area contributed by atoms with E-state index in [1.54, 1.807) is 18.2 Å². The summed E-state index contributed by atoms with van der Waals surface area (Å²) in [6.45, 7) is 0. The summed E-state index contributed by atoms with van der Waals surface area (Å²) >= 11 is 4.69. The molecule has 0 aliphatic heterocycles. The SMILES string of the molecule is COc1cc(NC(N)=S)ccc1NS(C)(=O)=O. The Bertz CT molecular complexity index is 528. The molecule has 17 heavy (non-hydrogen) atoms. The van der Waals surface area contributed by atoms with Crippen molar-refractivity contribution in [3.63, 3.8) is 0 Å². The topological polar surface area (TPSA) is 93.4 Å². The molecule has 4 N–H and O–H groups in total. The van der Waals surface area contributed by atoms with E-state index < -0.39 is 10.0 Å². The lowest BCUT2D eigenvalue weighted by molar-refractivity contribution is 0.417. The van der Waals surface area contributed by atoms with Crippen LogP contribution in [0.15, 0.2) is 18.2 Å². The van der Waals surface area contributed by atoms with Crippen molar-refractivity contribution >= 4 is 38.7 Å². The number of nitrogens with one attached hydrogen (secondary N) is 2. The molecular formula is C9H13N3O3S2. The van der Waals surface area contributed by atoms with Gasteiger partial charge in [-0.2, -0.15) is 0 Å². The highest BCUT2D eigenvalue weighted by Gasteiger charge is 2.09. The zero-order chi connectivity index (χ0) is 13.1. The maximum Gasteiger partial charge on any atom is 0.229 e. The van der Waals surface area contributed by atoms with E-state index in [1.807, 2.05) is 0 Å². The highest BCUT2D eigenvalue weighted by atomic mass is 32.2. The number of sulfonamides is 1. The van der Waals surface area contributed by atoms with Crippen molar-refractivity contribution in [1.82, 2.24) is 0 Å². The molecule has 0 bridgehead atoms. The number of nitrogens with two attached hydrogens (primary N) is 1. The first-order valence-corrected chi connectivity index (χ1v) is 6.84. The predicted molar refractivity (Wildman–Crippen MR) is 71.9 cm³/mol. The lowest BCUT2D eigenvalue weighted by Crippen LogP contribution is -2.19. The van der Waals surface area contributed by atoms with Crippen LogP contribution in [0.25, 0.3) is 0 Å². The van der Waals surface area contributed by atoms with Gasteiger partial charge in [-0.15, -0.1) is 0 Å². The highest BCUT2D eigenvalue weighted by Crippen LogP contribution is 2.28. The fourth-order valence-electron chi connectivity index (χ4n) is 1.20. The number of rotatable bonds is 4. The minimum absolute atomic E-state index is 0.121. The first-order chi connectivity index (χ1) is 7.81. The molecule has 0 atom stereocenters. The van der Waals surface area contributed by atoms with Crippen LogP contribution in [0.3, 0.4) is 0 Å². The van der Waals surface area contributed by atoms with E-state index in [4.69, 9.17) is 22.7 Å². The van der Waals surface area contributed by atoms with Crippen molar-refractivity contribution in [2.75, 3.05) is 23.4 Å². The highest BCUT2D eigenvalue weighted by molar-refractivity contribution is 7.92. The largest absolute Gasteiger partial charge is 0.494 e. The number of hydrogen-bond donors (Lipinski definition) is 3. The molecule has 94 valence electrons. The van der Waals surface area contributed by atoms with Crippen LogP contribution in [0, 0.1) is 0 Å². The Morgan fingerprint density at radius 3 is 2.59 bits per heavy atom. The van der Waals surface area contributed by atoms with Crippen molar-refractivity contribution in [2.45, 2.75) is 0 Å². The molecule has 0 fully saturated rings. The maximum atomic E-state index is 11.1. The van der Waals surface area contributed by atoms with Gasteiger partial charge in [0.25, 0.3) is 0 Å². The van der Waals surface area contributed by atoms with Crippen LogP contribution in [0.5, 0.6) is 5.75 Å². The van der Waals surface area contributed by atoms with Gasteiger partial charge in [0.05, 0.1) is 19.1 Å². The van der Waals surface area contributed by atoms with Crippen LogP contribution >= 0.6 is 12.2 Å². The van der Waals surface area contributed by atoms with E-state index in [0.29, 0.717) is 17.1 Å². The molecule has 1 aromatic rings. The van der Waals surface area contributed by atoms with Crippen LogP contribution in [-0.4, -0.2) is 26.9 Å². The monoisotopic (exact) mass is 275 g/mol. The summed E-state index contributed by atoms with van der Waals surface area (Å²) in [6.07, 6.45) is 1.06. The molecule has 0 unspecified atom stereocenters. The molecule has 0 aromatic heterocycles. The number of ether oxygens (including phenoxy) is 1. The number of anilines is 2. The van der Waals surface area contributed by atoms with Gasteiger partial charge in [0.1, 0.15) is 5.75 Å². The summed E-state index contributed by atoms with van der Waals surface area (Å²) in [5.41, 5.74) is 6.29. The van der Waals surface area contributed by atoms with Crippen molar-refractivity contribution in [1.29, 1.82) is 0 Å². The van der Waals surface area contributed by atoms with Gasteiger partial charge in [-0.05, 0) is 24.4 Å². The van der Waals surface area contributed by atoms with E-state index in [-0.39, 0.29) is 5.11 Å². The zero-order valence-corrected chi connectivity index (χ0v) is 11.0. The van der Waals surface area contributed by atoms with E-state index in [0.717, 1.165) is 6.26 Å². The van der Waals surface area contributed by atoms with Crippen molar-refractivity contribution in [2.24, 2.45) is 5.73 Å². The van der Waals surface area contributed by atoms with Gasteiger partial charge < -0.3 is 15.8 Å². The van der Waals surface area contributed by atoms with Gasteiger partial charge in [0.15, 0.2) is 5.11 Å². The number of methoxy groups -OCH3 is 1. The summed E-state index contributed by atoms with van der Waals surface area (Å²) < 4.78 is 29.6. The van der Waals surface area contributed by atoms with Crippen LogP contribution < -0.4 is 20.5 Å². The van der Waals surface area contributed by atoms with Crippen molar-refractivity contribution in [3.8, 4) is 5.75 Å². The third-order valence-corrected chi connectivity index (χ3v) is 2.46. The molecule has 0 saturated heterocycles. The van der Waals surface area contributed by atoms with E-state index in [2.05, 4.69) is 10.0 Å². The molecule has 0 amide bonds. The molecule has 0 aliphatic rings. The van der Waals surface area contributed by atoms with E-state index in [9.17, 15) is 8.42 Å². The fourth-order valence-corrected chi connectivity index (χ4v) is 1.88. The van der Waals surface area contributed by atoms with Gasteiger partial charge in [-0.3, -0.25) is 4.72 Å². The molecular weight excluding hydrogens is 262 g/mol. The summed E-state index contributed by atoms with van der Waals surface area (Å²) in [5.74, 6) is 0.372. The van der Waals surface area contributed by atoms with Crippen LogP contribution in [0.1, 0.15) is 0 Å². The van der Waals surface area contributed by atoms with Crippen LogP contribution in [-0.2, 0) is 10.0 Å². The summed E-state index contributed by atoms with van der Waals surface area (Å²) in [7, 11) is -1.91. The second kappa shape index (κ2) is 5.19. The first kappa shape index (κ1) is 13.5. The second-order valence-electron chi connectivity index (χ2n) is 3.28. The summed E-state index contributed by atoms with van der Waals surface area (Å²) in [6, 6.07) is 4.78. The Hall–Kier alpha value is -1.54. The lowest BCUT2D eigenvalue weighted by Gasteiger charge is -2.12. The average molecular weight is 275 g/mol. The Balaban J connectivity index is 3.05. The van der Waals surface area contributed by atoms with Gasteiger partial charge in [0, 0.05) is 11.8 Å². The Morgan fingerprint density at radius 1 is 1.47 bits per heavy atom. The normalized spacial score (nSPS) is 10.7. The summed E-state index contributed by atoms with van der Waals surface area (Å²) in [4.78, 5) is 0. The molecule has 0 saturated carbocycles. The Morgan fingerprint density at radius 2 is 2.12 bits per heavy atom. The Kier molecular flexibility index (Phi) is 4.13. The Labute approximate surface area is 105 Å². The molecule has 0 heterocycles. The van der Waals surface area contributed by atoms with E-state index >= 15 is 0 Å². The number of hydrogen-bond acceptors (Lipinski definition) is 4. The van der Waals surface area contributed by atoms with Crippen molar-refractivity contribution < 1.29 is 13.2 Å². The van der Waals surface area contributed by atoms with Crippen LogP contribution in [0.4, 0.5) is 11.4 Å². The minimum Gasteiger partial charge on any atom is -0.494 e. The van der Waals surface area contributed by atoms with Crippen molar-refractivity contribution in [3.05, 3.63) is 18.2 Å². The standard InChI is InChI=1S/C9H13N3O3S2/c1-15-8-5-6(11-9(10)16)3-4-7(8)12-17(2,13)14/h3-5,12H,1-2H3,(H3,10,11,16). The molecule has 1 rings (SSSR count). The zero-order valence-electron chi connectivity index (χ0n) is 9.35. The van der Waals surface area contributed by atoms with Gasteiger partial charge in [-0.1, -0.05) is 0 Å². The molecule has 0 spiro atoms. The quantitative estimate of drug-likeness (QED) is 0.701. The molecule has 1 aromatic carbocycles. The molecule has 6 nitrogen and oxygen atoms in total. The summed E-state index contributed by atoms with van der Waals surface area (Å²) in [5, 5.41) is 2.84. The van der Waals surface area contributed by atoms with Gasteiger partial charge in [-0.25, -0.2) is 8.42 Å². The number of thiocarbonyl (C=S) groups is 1. The number of benzene rings is 1. The van der Waals surface area contributed by atoms with E-state index in [1.165, 1.54) is 7.11 Å². The van der Waals surface area contributed by atoms with Crippen LogP contribution in [0.2, 0.25) is 0 Å². The first-order valence-electron chi connectivity index (χ1n) is 4.54. The van der Waals surface area contributed by atoms with Gasteiger partial charge >= 0.3 is 0 Å². The fraction of sp³-hybridized carbons (Fsp3) is 0.222. The average Bonchev–Trinajstić information content (AvgIpc) is 2.17. The predicted octanol–water partition coefficient (Wildman–Crippen LogP) is 0.722. The minimum atomic E-state index is -3.35.